The Bertz CT molecular complexity index is 1980. The molecule has 3 atom stereocenters. The van der Waals surface area contributed by atoms with Crippen LogP contribution in [-0.2, 0) is 22.3 Å². The normalized spacial score (nSPS) is 17.0. The molecule has 52 heavy (non-hydrogen) atoms. The van der Waals surface area contributed by atoms with Gasteiger partial charge in [0.2, 0.25) is 11.8 Å². The SMILES string of the molecule is CCOC(=O)c1cc(-c2ccc(C)cc2F)c2c(n1)O[C@@H](C(C)CCCOC(=O)c1cc(-c3ccc(C)cc3F)c3c(n1)O[C@H](C(C)C)CC3)CC2. The minimum atomic E-state index is -0.603. The maximum absolute atomic E-state index is 15.2. The number of rotatable bonds is 11. The highest BCUT2D eigenvalue weighted by Crippen LogP contribution is 2.40. The van der Waals surface area contributed by atoms with Crippen LogP contribution in [0.2, 0.25) is 0 Å². The van der Waals surface area contributed by atoms with Crippen LogP contribution < -0.4 is 9.47 Å². The van der Waals surface area contributed by atoms with Crippen LogP contribution >= 0.6 is 0 Å². The first kappa shape index (κ1) is 36.9. The van der Waals surface area contributed by atoms with Gasteiger partial charge in [-0.1, -0.05) is 45.0 Å². The summed E-state index contributed by atoms with van der Waals surface area (Å²) in [6, 6.07) is 13.3. The van der Waals surface area contributed by atoms with E-state index in [9.17, 15) is 9.59 Å². The number of nitrogens with zero attached hydrogens (tertiary/aromatic N) is 2. The van der Waals surface area contributed by atoms with Crippen molar-refractivity contribution in [3.8, 4) is 34.0 Å². The molecule has 0 saturated carbocycles. The van der Waals surface area contributed by atoms with E-state index in [4.69, 9.17) is 18.9 Å². The van der Waals surface area contributed by atoms with E-state index in [1.807, 2.05) is 26.0 Å². The minimum absolute atomic E-state index is 0.0545. The summed E-state index contributed by atoms with van der Waals surface area (Å²) in [7, 11) is 0. The Morgan fingerprint density at radius 2 is 1.25 bits per heavy atom. The second kappa shape index (κ2) is 15.8. The number of ether oxygens (including phenoxy) is 4. The fourth-order valence-electron chi connectivity index (χ4n) is 7.02. The molecular weight excluding hydrogens is 666 g/mol. The molecule has 6 rings (SSSR count). The van der Waals surface area contributed by atoms with Gasteiger partial charge in [-0.05, 0) is 118 Å². The number of benzene rings is 2. The Balaban J connectivity index is 1.13. The zero-order valence-corrected chi connectivity index (χ0v) is 30.7. The summed E-state index contributed by atoms with van der Waals surface area (Å²) in [6.07, 6.45) is 3.67. The van der Waals surface area contributed by atoms with E-state index in [0.29, 0.717) is 66.1 Å². The molecule has 1 unspecified atom stereocenters. The monoisotopic (exact) mass is 712 g/mol. The molecule has 274 valence electrons. The molecule has 2 aliphatic heterocycles. The highest BCUT2D eigenvalue weighted by molar-refractivity contribution is 5.91. The van der Waals surface area contributed by atoms with Crippen molar-refractivity contribution in [1.82, 2.24) is 9.97 Å². The van der Waals surface area contributed by atoms with Crippen molar-refractivity contribution in [2.24, 2.45) is 11.8 Å². The summed E-state index contributed by atoms with van der Waals surface area (Å²) in [6.45, 7) is 11.9. The average Bonchev–Trinajstić information content (AvgIpc) is 3.12. The number of carbonyl (C=O) groups excluding carboxylic acids is 2. The first-order valence-electron chi connectivity index (χ1n) is 18.2. The van der Waals surface area contributed by atoms with Gasteiger partial charge in [-0.25, -0.2) is 28.3 Å². The van der Waals surface area contributed by atoms with Crippen molar-refractivity contribution in [3.63, 3.8) is 0 Å². The van der Waals surface area contributed by atoms with Gasteiger partial charge in [0, 0.05) is 22.3 Å². The minimum Gasteiger partial charge on any atom is -0.474 e. The number of aryl methyl sites for hydroxylation is 2. The topological polar surface area (TPSA) is 96.8 Å². The fraction of sp³-hybridized carbons (Fsp3) is 0.429. The van der Waals surface area contributed by atoms with E-state index in [1.54, 1.807) is 31.2 Å². The molecule has 0 bridgehead atoms. The van der Waals surface area contributed by atoms with E-state index in [-0.39, 0.29) is 60.3 Å². The molecule has 0 fully saturated rings. The second-order valence-corrected chi connectivity index (χ2v) is 14.3. The van der Waals surface area contributed by atoms with Crippen LogP contribution in [0.25, 0.3) is 22.3 Å². The van der Waals surface area contributed by atoms with Gasteiger partial charge in [-0.15, -0.1) is 0 Å². The molecule has 8 nitrogen and oxygen atoms in total. The zero-order chi connectivity index (χ0) is 37.1. The largest absolute Gasteiger partial charge is 0.474 e. The van der Waals surface area contributed by atoms with Crippen molar-refractivity contribution < 1.29 is 37.3 Å². The van der Waals surface area contributed by atoms with E-state index in [2.05, 4.69) is 30.7 Å². The third kappa shape index (κ3) is 7.96. The maximum Gasteiger partial charge on any atom is 0.357 e. The second-order valence-electron chi connectivity index (χ2n) is 14.3. The molecule has 0 radical (unpaired) electrons. The van der Waals surface area contributed by atoms with E-state index >= 15 is 8.78 Å². The fourth-order valence-corrected chi connectivity index (χ4v) is 7.02. The molecule has 0 aliphatic carbocycles. The number of hydrogen-bond acceptors (Lipinski definition) is 8. The van der Waals surface area contributed by atoms with Gasteiger partial charge in [0.15, 0.2) is 11.4 Å². The van der Waals surface area contributed by atoms with Crippen molar-refractivity contribution in [2.75, 3.05) is 13.2 Å². The van der Waals surface area contributed by atoms with E-state index in [1.165, 1.54) is 12.1 Å². The van der Waals surface area contributed by atoms with Gasteiger partial charge in [0.25, 0.3) is 0 Å². The number of carbonyl (C=O) groups is 2. The molecule has 2 aliphatic rings. The highest BCUT2D eigenvalue weighted by atomic mass is 19.1. The lowest BCUT2D eigenvalue weighted by Gasteiger charge is -2.31. The molecule has 10 heteroatoms. The molecule has 0 N–H and O–H groups in total. The number of pyridine rings is 2. The number of esters is 2. The van der Waals surface area contributed by atoms with Crippen LogP contribution in [-0.4, -0.2) is 47.3 Å². The summed E-state index contributed by atoms with van der Waals surface area (Å²) in [5.41, 5.74) is 5.20. The number of hydrogen-bond donors (Lipinski definition) is 0. The van der Waals surface area contributed by atoms with E-state index in [0.717, 1.165) is 28.7 Å². The van der Waals surface area contributed by atoms with Gasteiger partial charge in [0.05, 0.1) is 13.2 Å². The third-order valence-electron chi connectivity index (χ3n) is 9.99. The first-order valence-corrected chi connectivity index (χ1v) is 18.2. The molecule has 0 spiro atoms. The molecule has 0 saturated heterocycles. The summed E-state index contributed by atoms with van der Waals surface area (Å²) < 4.78 is 53.8. The van der Waals surface area contributed by atoms with E-state index < -0.39 is 11.9 Å². The van der Waals surface area contributed by atoms with Crippen LogP contribution in [0.4, 0.5) is 8.78 Å². The van der Waals surface area contributed by atoms with Gasteiger partial charge < -0.3 is 18.9 Å². The summed E-state index contributed by atoms with van der Waals surface area (Å²) in [5, 5.41) is 0. The molecule has 2 aromatic carbocycles. The Morgan fingerprint density at radius 1 is 0.750 bits per heavy atom. The number of halogens is 2. The summed E-state index contributed by atoms with van der Waals surface area (Å²) in [5.74, 6) is -0.997. The lowest BCUT2D eigenvalue weighted by Crippen LogP contribution is -2.31. The average molecular weight is 713 g/mol. The van der Waals surface area contributed by atoms with Crippen molar-refractivity contribution >= 4 is 11.9 Å². The lowest BCUT2D eigenvalue weighted by atomic mass is 9.89. The van der Waals surface area contributed by atoms with Crippen molar-refractivity contribution in [1.29, 1.82) is 0 Å². The first-order chi connectivity index (χ1) is 24.9. The van der Waals surface area contributed by atoms with Gasteiger partial charge in [-0.2, -0.15) is 0 Å². The van der Waals surface area contributed by atoms with Gasteiger partial charge in [-0.3, -0.25) is 0 Å². The van der Waals surface area contributed by atoms with Crippen LogP contribution in [0.3, 0.4) is 0 Å². The van der Waals surface area contributed by atoms with Gasteiger partial charge in [0.1, 0.15) is 23.8 Å². The molecule has 0 amide bonds. The summed E-state index contributed by atoms with van der Waals surface area (Å²) in [4.78, 5) is 35.1. The Hall–Kier alpha value is -4.86. The number of fused-ring (bicyclic) bond motifs is 2. The Labute approximate surface area is 303 Å². The molecule has 2 aromatic heterocycles. The van der Waals surface area contributed by atoms with Crippen molar-refractivity contribution in [2.45, 2.75) is 92.3 Å². The van der Waals surface area contributed by atoms with Crippen LogP contribution in [0, 0.1) is 37.3 Å². The molecule has 4 aromatic rings. The number of aromatic nitrogens is 2. The Morgan fingerprint density at radius 3 is 1.75 bits per heavy atom. The predicted octanol–water partition coefficient (Wildman–Crippen LogP) is 9.20. The summed E-state index contributed by atoms with van der Waals surface area (Å²) >= 11 is 0. The van der Waals surface area contributed by atoms with Crippen LogP contribution in [0.5, 0.6) is 11.8 Å². The molecular formula is C42H46F2N2O6. The van der Waals surface area contributed by atoms with Crippen LogP contribution in [0.1, 0.15) is 96.6 Å². The Kier molecular flexibility index (Phi) is 11.2. The molecule has 4 heterocycles. The smallest absolute Gasteiger partial charge is 0.357 e. The standard InChI is InChI=1S/C42H46F2N2O6/c1-7-49-41(47)35-21-31(27-12-10-24(4)19-33(27)43)30-15-17-38(52-40(30)45-35)26(6)9-8-18-50-42(48)36-22-32(28-13-11-25(5)20-34(28)44)29-14-16-37(23(2)3)51-39(29)46-36/h10-13,19-23,26,37-38H,7-9,14-18H2,1-6H3/t26?,37-,38+/m0/s1. The quantitative estimate of drug-likeness (QED) is 0.112. The zero-order valence-electron chi connectivity index (χ0n) is 30.7. The lowest BCUT2D eigenvalue weighted by molar-refractivity contribution is 0.0461. The van der Waals surface area contributed by atoms with Gasteiger partial charge >= 0.3 is 11.9 Å². The predicted molar refractivity (Wildman–Crippen MR) is 194 cm³/mol. The third-order valence-corrected chi connectivity index (χ3v) is 9.99. The van der Waals surface area contributed by atoms with Crippen molar-refractivity contribution in [3.05, 3.63) is 93.8 Å². The maximum atomic E-state index is 15.2. The van der Waals surface area contributed by atoms with Crippen LogP contribution in [0.15, 0.2) is 48.5 Å². The highest BCUT2D eigenvalue weighted by Gasteiger charge is 2.31.